The second kappa shape index (κ2) is 6.37. The molecule has 0 spiro atoms. The highest BCUT2D eigenvalue weighted by atomic mass is 16.5. The number of nitrogens with one attached hydrogen (secondary N) is 1. The summed E-state index contributed by atoms with van der Waals surface area (Å²) in [6, 6.07) is -0.826. The van der Waals surface area contributed by atoms with E-state index in [4.69, 9.17) is 4.74 Å². The summed E-state index contributed by atoms with van der Waals surface area (Å²) in [5, 5.41) is 11.9. The summed E-state index contributed by atoms with van der Waals surface area (Å²) in [5.41, 5.74) is 0. The lowest BCUT2D eigenvalue weighted by Crippen LogP contribution is -2.49. The van der Waals surface area contributed by atoms with Crippen molar-refractivity contribution in [2.45, 2.75) is 59.3 Å². The van der Waals surface area contributed by atoms with Crippen molar-refractivity contribution in [3.63, 3.8) is 0 Å². The van der Waals surface area contributed by atoms with Crippen LogP contribution in [0.5, 0.6) is 0 Å². The normalized spacial score (nSPS) is 33.7. The molecule has 2 N–H and O–H groups in total. The molecule has 0 aromatic heterocycles. The molecule has 0 radical (unpaired) electrons. The third-order valence-electron chi connectivity index (χ3n) is 4.32. The summed E-state index contributed by atoms with van der Waals surface area (Å²) in [6.45, 7) is 9.52. The monoisotopic (exact) mass is 271 g/mol. The number of carboxylic acids is 1. The quantitative estimate of drug-likeness (QED) is 0.797. The number of rotatable bonds is 5. The highest BCUT2D eigenvalue weighted by Crippen LogP contribution is 2.32. The molecule has 0 aliphatic carbocycles. The number of hydrogen-bond donors (Lipinski definition) is 2. The van der Waals surface area contributed by atoms with Crippen LogP contribution >= 0.6 is 0 Å². The molecule has 0 aromatic carbocycles. The molecule has 0 bridgehead atoms. The Morgan fingerprint density at radius 1 is 1.26 bits per heavy atom. The zero-order valence-corrected chi connectivity index (χ0v) is 12.3. The van der Waals surface area contributed by atoms with Crippen molar-refractivity contribution >= 4 is 11.9 Å². The van der Waals surface area contributed by atoms with Crippen LogP contribution in [0.2, 0.25) is 0 Å². The van der Waals surface area contributed by atoms with E-state index >= 15 is 0 Å². The predicted molar refractivity (Wildman–Crippen MR) is 71.7 cm³/mol. The van der Waals surface area contributed by atoms with E-state index in [2.05, 4.69) is 5.32 Å². The molecule has 6 atom stereocenters. The Kier molecular flexibility index (Phi) is 5.35. The first-order chi connectivity index (χ1) is 8.79. The average molecular weight is 271 g/mol. The van der Waals surface area contributed by atoms with Crippen molar-refractivity contribution in [1.82, 2.24) is 5.32 Å². The fourth-order valence-corrected chi connectivity index (χ4v) is 2.65. The van der Waals surface area contributed by atoms with E-state index in [1.54, 1.807) is 0 Å². The van der Waals surface area contributed by atoms with E-state index in [1.165, 1.54) is 0 Å². The summed E-state index contributed by atoms with van der Waals surface area (Å²) in [6.07, 6.45) is 0.564. The zero-order chi connectivity index (χ0) is 14.7. The van der Waals surface area contributed by atoms with Crippen molar-refractivity contribution in [3.05, 3.63) is 0 Å². The van der Waals surface area contributed by atoms with Crippen LogP contribution in [0.1, 0.15) is 41.0 Å². The van der Waals surface area contributed by atoms with Gasteiger partial charge in [0.1, 0.15) is 6.04 Å². The van der Waals surface area contributed by atoms with Gasteiger partial charge >= 0.3 is 5.97 Å². The molecule has 0 aromatic rings. The maximum Gasteiger partial charge on any atom is 0.326 e. The Bertz CT molecular complexity index is 344. The van der Waals surface area contributed by atoms with Gasteiger partial charge in [0.15, 0.2) is 0 Å². The van der Waals surface area contributed by atoms with Gasteiger partial charge in [0.05, 0.1) is 18.1 Å². The van der Waals surface area contributed by atoms with E-state index in [9.17, 15) is 14.7 Å². The van der Waals surface area contributed by atoms with Crippen LogP contribution in [0.15, 0.2) is 0 Å². The van der Waals surface area contributed by atoms with Gasteiger partial charge in [0.2, 0.25) is 5.91 Å². The molecule has 5 heteroatoms. The fraction of sp³-hybridized carbons (Fsp3) is 0.857. The van der Waals surface area contributed by atoms with Crippen LogP contribution in [0.25, 0.3) is 0 Å². The number of amides is 1. The second-order valence-electron chi connectivity index (χ2n) is 5.64. The summed E-state index contributed by atoms with van der Waals surface area (Å²) in [4.78, 5) is 23.5. The lowest BCUT2D eigenvalue weighted by Gasteiger charge is -2.24. The Morgan fingerprint density at radius 2 is 1.84 bits per heavy atom. The lowest BCUT2D eigenvalue weighted by atomic mass is 9.88. The van der Waals surface area contributed by atoms with Gasteiger partial charge in [-0.25, -0.2) is 4.79 Å². The van der Waals surface area contributed by atoms with Crippen LogP contribution in [0, 0.1) is 17.8 Å². The summed E-state index contributed by atoms with van der Waals surface area (Å²) in [5.74, 6) is -1.46. The molecule has 110 valence electrons. The smallest absolute Gasteiger partial charge is 0.326 e. The maximum atomic E-state index is 12.3. The number of carbonyl (C=O) groups is 2. The minimum absolute atomic E-state index is 0.0256. The Balaban J connectivity index is 2.75. The van der Waals surface area contributed by atoms with Crippen molar-refractivity contribution in [1.29, 1.82) is 0 Å². The van der Waals surface area contributed by atoms with Gasteiger partial charge in [-0.05, 0) is 25.7 Å². The third kappa shape index (κ3) is 3.47. The lowest BCUT2D eigenvalue weighted by molar-refractivity contribution is -0.144. The summed E-state index contributed by atoms with van der Waals surface area (Å²) >= 11 is 0. The van der Waals surface area contributed by atoms with Crippen LogP contribution < -0.4 is 5.32 Å². The molecule has 1 heterocycles. The summed E-state index contributed by atoms with van der Waals surface area (Å²) in [7, 11) is 0. The largest absolute Gasteiger partial charge is 0.480 e. The van der Waals surface area contributed by atoms with Crippen molar-refractivity contribution in [2.24, 2.45) is 17.8 Å². The van der Waals surface area contributed by atoms with Gasteiger partial charge in [0, 0.05) is 0 Å². The minimum Gasteiger partial charge on any atom is -0.480 e. The maximum absolute atomic E-state index is 12.3. The number of ether oxygens (including phenoxy) is 1. The van der Waals surface area contributed by atoms with Gasteiger partial charge < -0.3 is 15.2 Å². The Labute approximate surface area is 114 Å². The highest BCUT2D eigenvalue weighted by Gasteiger charge is 2.42. The molecule has 5 unspecified atom stereocenters. The average Bonchev–Trinajstić information content (AvgIpc) is 2.58. The SMILES string of the molecule is CCC(C)[C@@H](NC(=O)C1C(C)OC(C)C1C)C(=O)O. The first-order valence-electron chi connectivity index (χ1n) is 6.98. The highest BCUT2D eigenvalue weighted by molar-refractivity contribution is 5.85. The molecule has 0 saturated carbocycles. The van der Waals surface area contributed by atoms with Gasteiger partial charge in [-0.1, -0.05) is 27.2 Å². The Morgan fingerprint density at radius 3 is 2.21 bits per heavy atom. The van der Waals surface area contributed by atoms with Crippen LogP contribution in [0.3, 0.4) is 0 Å². The van der Waals surface area contributed by atoms with E-state index in [0.717, 1.165) is 0 Å². The molecule has 1 fully saturated rings. The van der Waals surface area contributed by atoms with E-state index in [0.29, 0.717) is 6.42 Å². The number of carbonyl (C=O) groups excluding carboxylic acids is 1. The number of hydrogen-bond acceptors (Lipinski definition) is 3. The minimum atomic E-state index is -0.977. The molecule has 1 aliphatic heterocycles. The third-order valence-corrected chi connectivity index (χ3v) is 4.32. The fourth-order valence-electron chi connectivity index (χ4n) is 2.65. The number of aliphatic carboxylic acids is 1. The zero-order valence-electron chi connectivity index (χ0n) is 12.3. The number of carboxylic acid groups (broad SMARTS) is 1. The van der Waals surface area contributed by atoms with Crippen LogP contribution in [0.4, 0.5) is 0 Å². The molecule has 1 saturated heterocycles. The molecule has 19 heavy (non-hydrogen) atoms. The standard InChI is InChI=1S/C14H25NO4/c1-6-7(2)12(14(17)18)15-13(16)11-8(3)9(4)19-10(11)5/h7-12H,6H2,1-5H3,(H,15,16)(H,17,18)/t7?,8?,9?,10?,11?,12-/m1/s1. The molecular formula is C14H25NO4. The van der Waals surface area contributed by atoms with Crippen molar-refractivity contribution in [2.75, 3.05) is 0 Å². The first-order valence-corrected chi connectivity index (χ1v) is 6.98. The molecular weight excluding hydrogens is 246 g/mol. The predicted octanol–water partition coefficient (Wildman–Crippen LogP) is 1.66. The van der Waals surface area contributed by atoms with Crippen molar-refractivity contribution in [3.8, 4) is 0 Å². The van der Waals surface area contributed by atoms with E-state index < -0.39 is 12.0 Å². The van der Waals surface area contributed by atoms with Crippen LogP contribution in [-0.2, 0) is 14.3 Å². The summed E-state index contributed by atoms with van der Waals surface area (Å²) < 4.78 is 5.63. The van der Waals surface area contributed by atoms with Gasteiger partial charge in [-0.3, -0.25) is 4.79 Å². The van der Waals surface area contributed by atoms with Gasteiger partial charge in [-0.15, -0.1) is 0 Å². The topological polar surface area (TPSA) is 75.6 Å². The van der Waals surface area contributed by atoms with E-state index in [1.807, 2.05) is 34.6 Å². The molecule has 1 rings (SSSR count). The van der Waals surface area contributed by atoms with Gasteiger partial charge in [0.25, 0.3) is 0 Å². The molecule has 1 amide bonds. The molecule has 1 aliphatic rings. The second-order valence-corrected chi connectivity index (χ2v) is 5.64. The van der Waals surface area contributed by atoms with Crippen LogP contribution in [-0.4, -0.2) is 35.2 Å². The Hall–Kier alpha value is -1.10. The van der Waals surface area contributed by atoms with Gasteiger partial charge in [-0.2, -0.15) is 0 Å². The van der Waals surface area contributed by atoms with Crippen molar-refractivity contribution < 1.29 is 19.4 Å². The molecule has 5 nitrogen and oxygen atoms in total. The first kappa shape index (κ1) is 16.0. The van der Waals surface area contributed by atoms with E-state index in [-0.39, 0.29) is 35.9 Å².